The molecular formula is C8H12. The third-order valence-electron chi connectivity index (χ3n) is 1.92. The molecule has 0 bridgehead atoms. The van der Waals surface area contributed by atoms with E-state index < -0.39 is 0 Å². The second-order valence-corrected chi connectivity index (χ2v) is 2.54. The molecule has 0 heterocycles. The zero-order valence-electron chi connectivity index (χ0n) is 5.19. The summed E-state index contributed by atoms with van der Waals surface area (Å²) < 4.78 is 0. The first kappa shape index (κ1) is 5.69. The van der Waals surface area contributed by atoms with Crippen molar-refractivity contribution in [2.45, 2.75) is 32.1 Å². The fourth-order valence-corrected chi connectivity index (χ4v) is 1.07. The van der Waals surface area contributed by atoms with Crippen molar-refractivity contribution in [2.75, 3.05) is 0 Å². The van der Waals surface area contributed by atoms with Crippen molar-refractivity contribution in [3.63, 3.8) is 0 Å². The van der Waals surface area contributed by atoms with E-state index in [-0.39, 0.29) is 0 Å². The third kappa shape index (κ3) is 1.26. The summed E-state index contributed by atoms with van der Waals surface area (Å²) in [4.78, 5) is 0. The lowest BCUT2D eigenvalue weighted by atomic mass is 9.82. The Morgan fingerprint density at radius 3 is 2.62 bits per heavy atom. The zero-order valence-corrected chi connectivity index (χ0v) is 5.19. The largest absolute Gasteiger partial charge is 0.120 e. The normalized spacial score (nSPS) is 19.4. The fraction of sp³-hybridized carbons (Fsp3) is 0.750. The summed E-state index contributed by atoms with van der Waals surface area (Å²) in [6.07, 6.45) is 11.7. The highest BCUT2D eigenvalue weighted by molar-refractivity contribution is 4.85. The van der Waals surface area contributed by atoms with Gasteiger partial charge in [-0.05, 0) is 12.3 Å². The molecule has 44 valence electrons. The van der Waals surface area contributed by atoms with Gasteiger partial charge < -0.3 is 0 Å². The molecule has 1 fully saturated rings. The van der Waals surface area contributed by atoms with Crippen LogP contribution < -0.4 is 0 Å². The molecule has 0 saturated heterocycles. The first-order valence-electron chi connectivity index (χ1n) is 3.37. The van der Waals surface area contributed by atoms with Crippen molar-refractivity contribution < 1.29 is 0 Å². The van der Waals surface area contributed by atoms with Crippen LogP contribution in [0.15, 0.2) is 0 Å². The molecule has 0 N–H and O–H groups in total. The van der Waals surface area contributed by atoms with Crippen LogP contribution in [0.3, 0.4) is 0 Å². The van der Waals surface area contributed by atoms with Crippen molar-refractivity contribution in [1.29, 1.82) is 0 Å². The SMILES string of the molecule is C#CCCC1CCC1. The van der Waals surface area contributed by atoms with Gasteiger partial charge in [-0.2, -0.15) is 0 Å². The molecule has 8 heavy (non-hydrogen) atoms. The summed E-state index contributed by atoms with van der Waals surface area (Å²) in [5.74, 6) is 3.66. The number of hydrogen-bond acceptors (Lipinski definition) is 0. The van der Waals surface area contributed by atoms with Gasteiger partial charge in [0.15, 0.2) is 0 Å². The van der Waals surface area contributed by atoms with Gasteiger partial charge >= 0.3 is 0 Å². The minimum absolute atomic E-state index is 0.991. The Labute approximate surface area is 51.3 Å². The molecule has 0 atom stereocenters. The number of terminal acetylenes is 1. The van der Waals surface area contributed by atoms with Crippen LogP contribution in [0.2, 0.25) is 0 Å². The maximum atomic E-state index is 5.11. The first-order valence-corrected chi connectivity index (χ1v) is 3.37. The smallest absolute Gasteiger partial charge is 0.00886 e. The van der Waals surface area contributed by atoms with Gasteiger partial charge in [0, 0.05) is 6.42 Å². The van der Waals surface area contributed by atoms with E-state index >= 15 is 0 Å². The topological polar surface area (TPSA) is 0 Å². The third-order valence-corrected chi connectivity index (χ3v) is 1.92. The van der Waals surface area contributed by atoms with Crippen molar-refractivity contribution in [3.05, 3.63) is 0 Å². The summed E-state index contributed by atoms with van der Waals surface area (Å²) in [6, 6.07) is 0. The van der Waals surface area contributed by atoms with E-state index in [9.17, 15) is 0 Å². The number of hydrogen-bond donors (Lipinski definition) is 0. The quantitative estimate of drug-likeness (QED) is 0.476. The molecule has 0 amide bonds. The highest BCUT2D eigenvalue weighted by atomic mass is 14.2. The van der Waals surface area contributed by atoms with E-state index in [1.54, 1.807) is 0 Å². The molecule has 1 rings (SSSR count). The standard InChI is InChI=1S/C8H12/c1-2-3-5-8-6-4-7-8/h1,8H,3-7H2. The van der Waals surface area contributed by atoms with E-state index in [0.717, 1.165) is 12.3 Å². The second kappa shape index (κ2) is 2.77. The minimum atomic E-state index is 0.991. The summed E-state index contributed by atoms with van der Waals surface area (Å²) in [5.41, 5.74) is 0. The van der Waals surface area contributed by atoms with Gasteiger partial charge in [-0.25, -0.2) is 0 Å². The molecule has 1 aliphatic rings. The zero-order chi connectivity index (χ0) is 5.82. The Balaban J connectivity index is 1.95. The molecule has 0 unspecified atom stereocenters. The van der Waals surface area contributed by atoms with Gasteiger partial charge in [0.25, 0.3) is 0 Å². The highest BCUT2D eigenvalue weighted by Crippen LogP contribution is 2.29. The highest BCUT2D eigenvalue weighted by Gasteiger charge is 2.15. The van der Waals surface area contributed by atoms with Crippen LogP contribution >= 0.6 is 0 Å². The molecule has 1 saturated carbocycles. The molecule has 1 aliphatic carbocycles. The lowest BCUT2D eigenvalue weighted by molar-refractivity contribution is 0.299. The Bertz CT molecular complexity index is 93.1. The molecule has 0 nitrogen and oxygen atoms in total. The van der Waals surface area contributed by atoms with Gasteiger partial charge in [0.2, 0.25) is 0 Å². The van der Waals surface area contributed by atoms with Crippen molar-refractivity contribution in [3.8, 4) is 12.3 Å². The van der Waals surface area contributed by atoms with Crippen LogP contribution in [0.5, 0.6) is 0 Å². The maximum Gasteiger partial charge on any atom is 0.00886 e. The lowest BCUT2D eigenvalue weighted by Crippen LogP contribution is -2.09. The van der Waals surface area contributed by atoms with Crippen LogP contribution in [0.1, 0.15) is 32.1 Å². The van der Waals surface area contributed by atoms with Gasteiger partial charge in [0.05, 0.1) is 0 Å². The van der Waals surface area contributed by atoms with Crippen molar-refractivity contribution >= 4 is 0 Å². The lowest BCUT2D eigenvalue weighted by Gasteiger charge is -2.23. The van der Waals surface area contributed by atoms with Crippen LogP contribution in [0.25, 0.3) is 0 Å². The van der Waals surface area contributed by atoms with E-state index in [2.05, 4.69) is 5.92 Å². The van der Waals surface area contributed by atoms with E-state index in [1.807, 2.05) is 0 Å². The average molecular weight is 108 g/mol. The van der Waals surface area contributed by atoms with Crippen LogP contribution in [0.4, 0.5) is 0 Å². The Hall–Kier alpha value is -0.440. The average Bonchev–Trinajstić information content (AvgIpc) is 1.63. The summed E-state index contributed by atoms with van der Waals surface area (Å²) in [7, 11) is 0. The van der Waals surface area contributed by atoms with Crippen LogP contribution in [-0.2, 0) is 0 Å². The Morgan fingerprint density at radius 2 is 2.25 bits per heavy atom. The molecule has 0 radical (unpaired) electrons. The summed E-state index contributed by atoms with van der Waals surface area (Å²) >= 11 is 0. The first-order chi connectivity index (χ1) is 3.93. The molecule has 0 aromatic carbocycles. The monoisotopic (exact) mass is 108 g/mol. The summed E-state index contributed by atoms with van der Waals surface area (Å²) in [5, 5.41) is 0. The molecule has 0 aliphatic heterocycles. The summed E-state index contributed by atoms with van der Waals surface area (Å²) in [6.45, 7) is 0. The maximum absolute atomic E-state index is 5.11. The fourth-order valence-electron chi connectivity index (χ4n) is 1.07. The van der Waals surface area contributed by atoms with Crippen molar-refractivity contribution in [2.24, 2.45) is 5.92 Å². The van der Waals surface area contributed by atoms with Gasteiger partial charge in [-0.3, -0.25) is 0 Å². The van der Waals surface area contributed by atoms with E-state index in [4.69, 9.17) is 6.42 Å². The van der Waals surface area contributed by atoms with Gasteiger partial charge in [0.1, 0.15) is 0 Å². The van der Waals surface area contributed by atoms with E-state index in [0.29, 0.717) is 0 Å². The Kier molecular flexibility index (Phi) is 1.97. The molecule has 0 spiro atoms. The predicted molar refractivity (Wildman–Crippen MR) is 35.4 cm³/mol. The second-order valence-electron chi connectivity index (χ2n) is 2.54. The van der Waals surface area contributed by atoms with Crippen LogP contribution in [-0.4, -0.2) is 0 Å². The van der Waals surface area contributed by atoms with Crippen molar-refractivity contribution in [1.82, 2.24) is 0 Å². The molecular weight excluding hydrogens is 96.1 g/mol. The predicted octanol–water partition coefficient (Wildman–Crippen LogP) is 2.20. The molecule has 0 aromatic heterocycles. The van der Waals surface area contributed by atoms with Gasteiger partial charge in [-0.15, -0.1) is 12.3 Å². The van der Waals surface area contributed by atoms with E-state index in [1.165, 1.54) is 25.7 Å². The molecule has 0 aromatic rings. The van der Waals surface area contributed by atoms with Crippen LogP contribution in [0, 0.1) is 18.3 Å². The number of rotatable bonds is 2. The minimum Gasteiger partial charge on any atom is -0.120 e. The molecule has 0 heteroatoms. The Morgan fingerprint density at radius 1 is 1.50 bits per heavy atom. The van der Waals surface area contributed by atoms with Gasteiger partial charge in [-0.1, -0.05) is 19.3 Å².